The molecule has 0 atom stereocenters. The molecule has 0 saturated carbocycles. The summed E-state index contributed by atoms with van der Waals surface area (Å²) in [6.07, 6.45) is -0.359. The van der Waals surface area contributed by atoms with Gasteiger partial charge in [-0.3, -0.25) is 9.59 Å². The summed E-state index contributed by atoms with van der Waals surface area (Å²) in [6, 6.07) is 0. The highest BCUT2D eigenvalue weighted by molar-refractivity contribution is 7.11. The number of aryl methyl sites for hydroxylation is 1. The van der Waals surface area contributed by atoms with E-state index in [1.165, 1.54) is 0 Å². The number of piperazine rings is 1. The van der Waals surface area contributed by atoms with Crippen molar-refractivity contribution in [2.45, 2.75) is 33.3 Å². The molecule has 0 aromatic carbocycles. The van der Waals surface area contributed by atoms with Crippen LogP contribution in [0.5, 0.6) is 0 Å². The number of hydrogen-bond acceptors (Lipinski definition) is 5. The molecule has 2 rings (SSSR count). The van der Waals surface area contributed by atoms with Gasteiger partial charge in [0.1, 0.15) is 10.5 Å². The highest BCUT2D eigenvalue weighted by Crippen LogP contribution is 2.15. The molecule has 0 unspecified atom stereocenters. The third kappa shape index (κ3) is 3.88. The standard InChI is InChI=1S/C14H21N3O4S/c1-9-10(22-12(19)15-9)11(18)16-5-7-17(8-6-16)13(20)21-14(2,3)4/h5-8H2,1-4H3,(H,15,19). The fraction of sp³-hybridized carbons (Fsp3) is 0.643. The van der Waals surface area contributed by atoms with E-state index in [4.69, 9.17) is 4.74 Å². The van der Waals surface area contributed by atoms with Crippen LogP contribution in [-0.4, -0.2) is 58.6 Å². The minimum absolute atomic E-state index is 0.162. The van der Waals surface area contributed by atoms with Crippen LogP contribution in [0.25, 0.3) is 0 Å². The number of nitrogens with one attached hydrogen (secondary N) is 1. The molecule has 22 heavy (non-hydrogen) atoms. The monoisotopic (exact) mass is 327 g/mol. The predicted molar refractivity (Wildman–Crippen MR) is 83.4 cm³/mol. The van der Waals surface area contributed by atoms with E-state index in [0.29, 0.717) is 36.8 Å². The van der Waals surface area contributed by atoms with Crippen molar-refractivity contribution < 1.29 is 14.3 Å². The van der Waals surface area contributed by atoms with E-state index in [0.717, 1.165) is 11.3 Å². The molecule has 2 amide bonds. The molecule has 1 aliphatic rings. The van der Waals surface area contributed by atoms with Crippen LogP contribution in [0.15, 0.2) is 4.79 Å². The molecule has 8 heteroatoms. The van der Waals surface area contributed by atoms with Crippen LogP contribution in [0.3, 0.4) is 0 Å². The van der Waals surface area contributed by atoms with E-state index in [9.17, 15) is 14.4 Å². The normalized spacial score (nSPS) is 15.8. The van der Waals surface area contributed by atoms with E-state index in [2.05, 4.69) is 4.98 Å². The average Bonchev–Trinajstić information content (AvgIpc) is 2.75. The van der Waals surface area contributed by atoms with E-state index >= 15 is 0 Å². The first-order valence-corrected chi connectivity index (χ1v) is 7.96. The van der Waals surface area contributed by atoms with Crippen molar-refractivity contribution >= 4 is 23.3 Å². The van der Waals surface area contributed by atoms with Gasteiger partial charge in [-0.15, -0.1) is 0 Å². The largest absolute Gasteiger partial charge is 0.444 e. The Labute approximate surface area is 132 Å². The van der Waals surface area contributed by atoms with Crippen molar-refractivity contribution in [3.8, 4) is 0 Å². The molecular formula is C14H21N3O4S. The summed E-state index contributed by atoms with van der Waals surface area (Å²) in [7, 11) is 0. The van der Waals surface area contributed by atoms with Gasteiger partial charge in [0.25, 0.3) is 5.91 Å². The van der Waals surface area contributed by atoms with Gasteiger partial charge in [0.05, 0.1) is 0 Å². The van der Waals surface area contributed by atoms with Gasteiger partial charge in [-0.05, 0) is 27.7 Å². The maximum Gasteiger partial charge on any atom is 0.410 e. The number of amides is 2. The zero-order valence-corrected chi connectivity index (χ0v) is 14.1. The average molecular weight is 327 g/mol. The second kappa shape index (κ2) is 6.12. The predicted octanol–water partition coefficient (Wildman–Crippen LogP) is 1.44. The fourth-order valence-corrected chi connectivity index (χ4v) is 2.98. The van der Waals surface area contributed by atoms with Crippen molar-refractivity contribution in [2.24, 2.45) is 0 Å². The van der Waals surface area contributed by atoms with Gasteiger partial charge in [-0.2, -0.15) is 0 Å². The summed E-state index contributed by atoms with van der Waals surface area (Å²) >= 11 is 0.924. The van der Waals surface area contributed by atoms with Crippen molar-refractivity contribution in [3.63, 3.8) is 0 Å². The second-order valence-corrected chi connectivity index (χ2v) is 7.21. The molecule has 0 aliphatic carbocycles. The Hall–Kier alpha value is -1.83. The summed E-state index contributed by atoms with van der Waals surface area (Å²) in [4.78, 5) is 41.7. The maximum atomic E-state index is 12.4. The number of aromatic nitrogens is 1. The van der Waals surface area contributed by atoms with Gasteiger partial charge in [0, 0.05) is 31.9 Å². The third-order valence-electron chi connectivity index (χ3n) is 3.24. The van der Waals surface area contributed by atoms with E-state index < -0.39 is 5.60 Å². The first kappa shape index (κ1) is 16.5. The Morgan fingerprint density at radius 1 is 1.14 bits per heavy atom. The molecule has 1 N–H and O–H groups in total. The molecule has 1 aromatic rings. The quantitative estimate of drug-likeness (QED) is 0.846. The van der Waals surface area contributed by atoms with Crippen LogP contribution in [0.1, 0.15) is 36.1 Å². The topological polar surface area (TPSA) is 82.7 Å². The number of H-pyrrole nitrogens is 1. The number of carbonyl (C=O) groups excluding carboxylic acids is 2. The van der Waals surface area contributed by atoms with Crippen LogP contribution < -0.4 is 4.87 Å². The van der Waals surface area contributed by atoms with E-state index in [1.807, 2.05) is 20.8 Å². The highest BCUT2D eigenvalue weighted by atomic mass is 32.1. The van der Waals surface area contributed by atoms with Crippen LogP contribution >= 0.6 is 11.3 Å². The molecule has 122 valence electrons. The third-order valence-corrected chi connectivity index (χ3v) is 4.21. The molecule has 7 nitrogen and oxygen atoms in total. The van der Waals surface area contributed by atoms with Gasteiger partial charge in [0.2, 0.25) is 0 Å². The molecule has 1 saturated heterocycles. The lowest BCUT2D eigenvalue weighted by Crippen LogP contribution is -2.51. The first-order chi connectivity index (χ1) is 10.2. The summed E-state index contributed by atoms with van der Waals surface area (Å²) in [5.41, 5.74) is 0.0629. The van der Waals surface area contributed by atoms with Gasteiger partial charge in [-0.1, -0.05) is 11.3 Å². The van der Waals surface area contributed by atoms with Gasteiger partial charge in [-0.25, -0.2) is 4.79 Å². The Morgan fingerprint density at radius 2 is 1.68 bits per heavy atom. The van der Waals surface area contributed by atoms with Crippen LogP contribution in [0, 0.1) is 6.92 Å². The van der Waals surface area contributed by atoms with Crippen molar-refractivity contribution in [1.29, 1.82) is 0 Å². The molecule has 1 fully saturated rings. The second-order valence-electron chi connectivity index (χ2n) is 6.23. The molecular weight excluding hydrogens is 306 g/mol. The Balaban J connectivity index is 1.95. The van der Waals surface area contributed by atoms with Crippen molar-refractivity contribution in [1.82, 2.24) is 14.8 Å². The van der Waals surface area contributed by atoms with Crippen LogP contribution in [0.4, 0.5) is 4.79 Å². The minimum Gasteiger partial charge on any atom is -0.444 e. The Bertz CT molecular complexity index is 621. The summed E-state index contributed by atoms with van der Waals surface area (Å²) < 4.78 is 5.32. The lowest BCUT2D eigenvalue weighted by Gasteiger charge is -2.35. The number of hydrogen-bond donors (Lipinski definition) is 1. The van der Waals surface area contributed by atoms with E-state index in [1.54, 1.807) is 16.7 Å². The number of carbonyl (C=O) groups is 2. The fourth-order valence-electron chi connectivity index (χ4n) is 2.17. The lowest BCUT2D eigenvalue weighted by molar-refractivity contribution is 0.0141. The number of thiazole rings is 1. The number of nitrogens with zero attached hydrogens (tertiary/aromatic N) is 2. The molecule has 2 heterocycles. The molecule has 1 aromatic heterocycles. The minimum atomic E-state index is -0.529. The zero-order chi connectivity index (χ0) is 16.5. The first-order valence-electron chi connectivity index (χ1n) is 7.14. The summed E-state index contributed by atoms with van der Waals surface area (Å²) in [5.74, 6) is -0.162. The van der Waals surface area contributed by atoms with Gasteiger partial charge >= 0.3 is 11.0 Å². The Kier molecular flexibility index (Phi) is 4.60. The summed E-state index contributed by atoms with van der Waals surface area (Å²) in [5, 5.41) is 0. The van der Waals surface area contributed by atoms with Crippen LogP contribution in [-0.2, 0) is 4.74 Å². The van der Waals surface area contributed by atoms with Crippen molar-refractivity contribution in [3.05, 3.63) is 20.2 Å². The van der Waals surface area contributed by atoms with Crippen LogP contribution in [0.2, 0.25) is 0 Å². The highest BCUT2D eigenvalue weighted by Gasteiger charge is 2.29. The van der Waals surface area contributed by atoms with Gasteiger partial charge in [0.15, 0.2) is 0 Å². The maximum absolute atomic E-state index is 12.4. The lowest BCUT2D eigenvalue weighted by atomic mass is 10.2. The molecule has 0 spiro atoms. The zero-order valence-electron chi connectivity index (χ0n) is 13.3. The van der Waals surface area contributed by atoms with Gasteiger partial charge < -0.3 is 19.5 Å². The SMILES string of the molecule is Cc1[nH]c(=O)sc1C(=O)N1CCN(C(=O)OC(C)(C)C)CC1. The number of ether oxygens (including phenoxy) is 1. The smallest absolute Gasteiger partial charge is 0.410 e. The number of rotatable bonds is 1. The van der Waals surface area contributed by atoms with E-state index in [-0.39, 0.29) is 16.9 Å². The Morgan fingerprint density at radius 3 is 2.14 bits per heavy atom. The summed E-state index contributed by atoms with van der Waals surface area (Å²) in [6.45, 7) is 8.90. The van der Waals surface area contributed by atoms with Crippen molar-refractivity contribution in [2.75, 3.05) is 26.2 Å². The molecule has 0 bridgehead atoms. The number of aromatic amines is 1. The molecule has 0 radical (unpaired) electrons. The molecule has 1 aliphatic heterocycles.